The molecule has 1 atom stereocenters. The number of aliphatic carboxylic acids is 1. The average molecular weight is 335 g/mol. The lowest BCUT2D eigenvalue weighted by Gasteiger charge is -2.24. The van der Waals surface area contributed by atoms with Gasteiger partial charge in [0, 0.05) is 30.4 Å². The lowest BCUT2D eigenvalue weighted by atomic mass is 10.1. The third-order valence-corrected chi connectivity index (χ3v) is 4.60. The van der Waals surface area contributed by atoms with Gasteiger partial charge >= 0.3 is 5.97 Å². The molecule has 1 aliphatic rings. The summed E-state index contributed by atoms with van der Waals surface area (Å²) >= 11 is 0. The molecule has 0 aliphatic heterocycles. The van der Waals surface area contributed by atoms with E-state index in [1.165, 1.54) is 0 Å². The summed E-state index contributed by atoms with van der Waals surface area (Å²) < 4.78 is 1.98. The van der Waals surface area contributed by atoms with Gasteiger partial charge in [-0.05, 0) is 32.6 Å². The zero-order valence-corrected chi connectivity index (χ0v) is 15.4. The van der Waals surface area contributed by atoms with Crippen molar-refractivity contribution >= 4 is 11.9 Å². The van der Waals surface area contributed by atoms with E-state index in [0.29, 0.717) is 12.3 Å². The number of carboxylic acid groups (broad SMARTS) is 1. The Morgan fingerprint density at radius 3 is 2.42 bits per heavy atom. The van der Waals surface area contributed by atoms with E-state index >= 15 is 0 Å². The second-order valence-electron chi connectivity index (χ2n) is 7.42. The van der Waals surface area contributed by atoms with E-state index < -0.39 is 11.9 Å². The number of hydrogen-bond donors (Lipinski definition) is 1. The Labute approximate surface area is 143 Å². The highest BCUT2D eigenvalue weighted by molar-refractivity contribution is 5.80. The Balaban J connectivity index is 2.12. The van der Waals surface area contributed by atoms with Gasteiger partial charge in [-0.3, -0.25) is 14.3 Å². The van der Waals surface area contributed by atoms with Gasteiger partial charge in [0.15, 0.2) is 0 Å². The first kappa shape index (κ1) is 18.5. The average Bonchev–Trinajstić information content (AvgIpc) is 3.28. The van der Waals surface area contributed by atoms with Crippen LogP contribution in [0.3, 0.4) is 0 Å². The van der Waals surface area contributed by atoms with Gasteiger partial charge in [-0.25, -0.2) is 0 Å². The van der Waals surface area contributed by atoms with Crippen molar-refractivity contribution in [3.8, 4) is 0 Å². The minimum Gasteiger partial charge on any atom is -0.481 e. The number of amides is 1. The van der Waals surface area contributed by atoms with Crippen LogP contribution in [0.1, 0.15) is 50.6 Å². The molecule has 24 heavy (non-hydrogen) atoms. The predicted octanol–water partition coefficient (Wildman–Crippen LogP) is 2.41. The molecular formula is C18H29N3O3. The van der Waals surface area contributed by atoms with Crippen molar-refractivity contribution < 1.29 is 14.7 Å². The fraction of sp³-hybridized carbons (Fsp3) is 0.722. The van der Waals surface area contributed by atoms with Crippen molar-refractivity contribution in [3.63, 3.8) is 0 Å². The molecule has 0 saturated heterocycles. The van der Waals surface area contributed by atoms with Crippen LogP contribution < -0.4 is 0 Å². The van der Waals surface area contributed by atoms with Crippen LogP contribution in [0, 0.1) is 25.7 Å². The SMILES string of the molecule is Cc1nn(CC(C)C)c(C)c1CC(=O)N(CC(C)C(=O)O)C1CC1. The summed E-state index contributed by atoms with van der Waals surface area (Å²) in [6.07, 6.45) is 2.25. The molecule has 134 valence electrons. The molecule has 6 nitrogen and oxygen atoms in total. The summed E-state index contributed by atoms with van der Waals surface area (Å²) in [6, 6.07) is 0.214. The smallest absolute Gasteiger partial charge is 0.308 e. The van der Waals surface area contributed by atoms with Crippen LogP contribution in [-0.2, 0) is 22.6 Å². The number of hydrogen-bond acceptors (Lipinski definition) is 3. The third-order valence-electron chi connectivity index (χ3n) is 4.60. The molecule has 1 saturated carbocycles. The predicted molar refractivity (Wildman–Crippen MR) is 91.8 cm³/mol. The molecule has 6 heteroatoms. The van der Waals surface area contributed by atoms with Crippen LogP contribution in [0.4, 0.5) is 0 Å². The number of carbonyl (C=O) groups is 2. The van der Waals surface area contributed by atoms with E-state index in [-0.39, 0.29) is 18.5 Å². The summed E-state index contributed by atoms with van der Waals surface area (Å²) in [7, 11) is 0. The number of carboxylic acids is 1. The van der Waals surface area contributed by atoms with Crippen molar-refractivity contribution in [1.29, 1.82) is 0 Å². The fourth-order valence-corrected chi connectivity index (χ4v) is 2.98. The number of aromatic nitrogens is 2. The maximum absolute atomic E-state index is 12.8. The van der Waals surface area contributed by atoms with Gasteiger partial charge in [0.1, 0.15) is 0 Å². The van der Waals surface area contributed by atoms with E-state index in [4.69, 9.17) is 5.11 Å². The second kappa shape index (κ2) is 7.36. The first-order valence-electron chi connectivity index (χ1n) is 8.75. The van der Waals surface area contributed by atoms with E-state index in [1.54, 1.807) is 11.8 Å². The molecule has 1 fully saturated rings. The molecule has 1 heterocycles. The quantitative estimate of drug-likeness (QED) is 0.791. The van der Waals surface area contributed by atoms with Crippen LogP contribution in [-0.4, -0.2) is 44.3 Å². The molecule has 0 aromatic carbocycles. The summed E-state index contributed by atoms with van der Waals surface area (Å²) in [5.41, 5.74) is 2.91. The van der Waals surface area contributed by atoms with Gasteiger partial charge in [-0.2, -0.15) is 5.10 Å². The molecular weight excluding hydrogens is 306 g/mol. The van der Waals surface area contributed by atoms with Crippen LogP contribution in [0.5, 0.6) is 0 Å². The summed E-state index contributed by atoms with van der Waals surface area (Å²) in [6.45, 7) is 11.0. The minimum absolute atomic E-state index is 0.0147. The monoisotopic (exact) mass is 335 g/mol. The lowest BCUT2D eigenvalue weighted by Crippen LogP contribution is -2.39. The lowest BCUT2D eigenvalue weighted by molar-refractivity contribution is -0.143. The summed E-state index contributed by atoms with van der Waals surface area (Å²) in [5.74, 6) is -0.891. The minimum atomic E-state index is -0.856. The van der Waals surface area contributed by atoms with Gasteiger partial charge < -0.3 is 10.0 Å². The maximum Gasteiger partial charge on any atom is 0.308 e. The maximum atomic E-state index is 12.8. The molecule has 0 radical (unpaired) electrons. The van der Waals surface area contributed by atoms with E-state index in [0.717, 1.165) is 36.3 Å². The van der Waals surface area contributed by atoms with Gasteiger partial charge in [0.25, 0.3) is 0 Å². The van der Waals surface area contributed by atoms with E-state index in [9.17, 15) is 9.59 Å². The molecule has 1 N–H and O–H groups in total. The summed E-state index contributed by atoms with van der Waals surface area (Å²) in [5, 5.41) is 13.7. The Kier molecular flexibility index (Phi) is 5.67. The fourth-order valence-electron chi connectivity index (χ4n) is 2.98. The molecule has 2 rings (SSSR count). The topological polar surface area (TPSA) is 75.4 Å². The molecule has 0 spiro atoms. The van der Waals surface area contributed by atoms with Gasteiger partial charge in [-0.1, -0.05) is 20.8 Å². The Morgan fingerprint density at radius 1 is 1.29 bits per heavy atom. The standard InChI is InChI=1S/C18H29N3O3/c1-11(2)9-21-14(5)16(13(4)19-21)8-17(22)20(15-6-7-15)10-12(3)18(23)24/h11-12,15H,6-10H2,1-5H3,(H,23,24). The van der Waals surface area contributed by atoms with Crippen LogP contribution in [0.15, 0.2) is 0 Å². The number of aryl methyl sites for hydroxylation is 1. The zero-order chi connectivity index (χ0) is 18.0. The second-order valence-corrected chi connectivity index (χ2v) is 7.42. The van der Waals surface area contributed by atoms with E-state index in [2.05, 4.69) is 18.9 Å². The van der Waals surface area contributed by atoms with Crippen LogP contribution in [0.25, 0.3) is 0 Å². The van der Waals surface area contributed by atoms with Gasteiger partial charge in [0.05, 0.1) is 18.0 Å². The first-order valence-corrected chi connectivity index (χ1v) is 8.75. The van der Waals surface area contributed by atoms with Crippen molar-refractivity contribution in [3.05, 3.63) is 17.0 Å². The zero-order valence-electron chi connectivity index (χ0n) is 15.4. The number of rotatable bonds is 8. The molecule has 0 bridgehead atoms. The molecule has 1 unspecified atom stereocenters. The highest BCUT2D eigenvalue weighted by Crippen LogP contribution is 2.29. The highest BCUT2D eigenvalue weighted by Gasteiger charge is 2.34. The van der Waals surface area contributed by atoms with Crippen molar-refractivity contribution in [2.45, 2.75) is 66.5 Å². The van der Waals surface area contributed by atoms with Crippen LogP contribution >= 0.6 is 0 Å². The molecule has 1 aromatic heterocycles. The Bertz CT molecular complexity index is 617. The Morgan fingerprint density at radius 2 is 1.92 bits per heavy atom. The highest BCUT2D eigenvalue weighted by atomic mass is 16.4. The molecule has 1 aromatic rings. The van der Waals surface area contributed by atoms with Gasteiger partial charge in [0.2, 0.25) is 5.91 Å². The molecule has 1 amide bonds. The molecule has 1 aliphatic carbocycles. The van der Waals surface area contributed by atoms with Crippen molar-refractivity contribution in [2.75, 3.05) is 6.54 Å². The number of nitrogens with zero attached hydrogens (tertiary/aromatic N) is 3. The van der Waals surface area contributed by atoms with Crippen molar-refractivity contribution in [2.24, 2.45) is 11.8 Å². The van der Waals surface area contributed by atoms with Crippen molar-refractivity contribution in [1.82, 2.24) is 14.7 Å². The normalized spacial score (nSPS) is 15.6. The Hall–Kier alpha value is -1.85. The largest absolute Gasteiger partial charge is 0.481 e. The van der Waals surface area contributed by atoms with Gasteiger partial charge in [-0.15, -0.1) is 0 Å². The van der Waals surface area contributed by atoms with Crippen LogP contribution in [0.2, 0.25) is 0 Å². The third kappa shape index (κ3) is 4.36. The number of carbonyl (C=O) groups excluding carboxylic acids is 1. The first-order chi connectivity index (χ1) is 11.2. The van der Waals surface area contributed by atoms with E-state index in [1.807, 2.05) is 18.5 Å². The summed E-state index contributed by atoms with van der Waals surface area (Å²) in [4.78, 5) is 25.7.